The third kappa shape index (κ3) is 12.2. The molecule has 45 heavy (non-hydrogen) atoms. The van der Waals surface area contributed by atoms with E-state index in [1.807, 2.05) is 51.1 Å². The standard InChI is InChI=1S/C32H45N3O4S.CH4O3S/c1-21-25(15-10-16-28(21)36)30(38)33-26(20-40-24-13-6-5-7-14-24)29(37)19-35-18-23-12-9-8-11-22(23)17-27(35)31(39)34-32(2,3)4;1-5(2,3)4/h5-7,10,13-16,22-23,26-27,29,36-37H,8-9,11-12,17-20H2,1-4H3,(H,33,38)(H,34,39);1H3,(H,2,3,4)/t22-,23+,26?,27-,29?;/m0./s1. The summed E-state index contributed by atoms with van der Waals surface area (Å²) in [6.07, 6.45) is 5.39. The molecule has 2 fully saturated rings. The van der Waals surface area contributed by atoms with Crippen LogP contribution in [0.15, 0.2) is 53.4 Å². The van der Waals surface area contributed by atoms with Gasteiger partial charge in [-0.25, -0.2) is 0 Å². The molecule has 0 spiro atoms. The molecule has 5 N–H and O–H groups in total. The topological polar surface area (TPSA) is 156 Å². The number of aliphatic hydroxyl groups excluding tert-OH is 1. The summed E-state index contributed by atoms with van der Waals surface area (Å²) in [6, 6.07) is 13.9. The van der Waals surface area contributed by atoms with Crippen LogP contribution >= 0.6 is 11.8 Å². The summed E-state index contributed by atoms with van der Waals surface area (Å²) in [7, 11) is -3.67. The van der Waals surface area contributed by atoms with Gasteiger partial charge in [0, 0.05) is 40.4 Å². The number of benzene rings is 2. The van der Waals surface area contributed by atoms with E-state index in [1.165, 1.54) is 12.8 Å². The molecule has 1 aliphatic carbocycles. The zero-order chi connectivity index (χ0) is 33.4. The number of amides is 2. The lowest BCUT2D eigenvalue weighted by atomic mass is 9.72. The van der Waals surface area contributed by atoms with E-state index in [9.17, 15) is 28.2 Å². The quantitative estimate of drug-likeness (QED) is 0.196. The number of hydrogen-bond acceptors (Lipinski definition) is 8. The van der Waals surface area contributed by atoms with E-state index in [0.29, 0.717) is 41.5 Å². The number of likely N-dealkylation sites (tertiary alicyclic amines) is 1. The number of hydrogen-bond donors (Lipinski definition) is 5. The van der Waals surface area contributed by atoms with Crippen LogP contribution in [0.25, 0.3) is 0 Å². The number of β-amino-alcohol motifs (C(OH)–C–C–N with tert-alkyl or cyclic N) is 1. The Morgan fingerprint density at radius 2 is 1.67 bits per heavy atom. The van der Waals surface area contributed by atoms with E-state index < -0.39 is 22.3 Å². The Kier molecular flexibility index (Phi) is 13.3. The van der Waals surface area contributed by atoms with Gasteiger partial charge in [0.1, 0.15) is 5.75 Å². The maximum absolute atomic E-state index is 13.5. The predicted octanol–water partition coefficient (Wildman–Crippen LogP) is 4.25. The van der Waals surface area contributed by atoms with Crippen LogP contribution in [0.3, 0.4) is 0 Å². The fourth-order valence-corrected chi connectivity index (χ4v) is 7.09. The highest BCUT2D eigenvalue weighted by Gasteiger charge is 2.41. The van der Waals surface area contributed by atoms with Gasteiger partial charge in [-0.1, -0.05) is 43.5 Å². The Morgan fingerprint density at radius 1 is 1.04 bits per heavy atom. The zero-order valence-electron chi connectivity index (χ0n) is 26.9. The number of carbonyl (C=O) groups is 2. The number of aliphatic hydroxyl groups is 1. The Bertz CT molecular complexity index is 1370. The largest absolute Gasteiger partial charge is 0.508 e. The van der Waals surface area contributed by atoms with E-state index in [2.05, 4.69) is 15.5 Å². The monoisotopic (exact) mass is 663 g/mol. The van der Waals surface area contributed by atoms with Crippen LogP contribution in [-0.2, 0) is 14.9 Å². The van der Waals surface area contributed by atoms with Crippen molar-refractivity contribution in [1.29, 1.82) is 0 Å². The second-order valence-electron chi connectivity index (χ2n) is 13.2. The molecule has 1 aliphatic heterocycles. The molecule has 12 heteroatoms. The number of phenols is 1. The van der Waals surface area contributed by atoms with Crippen molar-refractivity contribution in [1.82, 2.24) is 15.5 Å². The molecule has 5 atom stereocenters. The van der Waals surface area contributed by atoms with Gasteiger partial charge in [0.05, 0.1) is 24.4 Å². The lowest BCUT2D eigenvalue weighted by Gasteiger charge is -2.47. The van der Waals surface area contributed by atoms with Crippen LogP contribution in [0, 0.1) is 18.8 Å². The van der Waals surface area contributed by atoms with Crippen LogP contribution < -0.4 is 10.6 Å². The molecule has 2 amide bonds. The van der Waals surface area contributed by atoms with Gasteiger partial charge in [-0.3, -0.25) is 19.0 Å². The maximum Gasteiger partial charge on any atom is 0.261 e. The minimum absolute atomic E-state index is 0.0124. The van der Waals surface area contributed by atoms with Crippen molar-refractivity contribution in [3.8, 4) is 5.75 Å². The van der Waals surface area contributed by atoms with Crippen molar-refractivity contribution >= 4 is 33.7 Å². The molecule has 250 valence electrons. The fraction of sp³-hybridized carbons (Fsp3) is 0.576. The van der Waals surface area contributed by atoms with Crippen molar-refractivity contribution in [3.63, 3.8) is 0 Å². The SMILES string of the molecule is CS(=O)(=O)O.Cc1c(O)cccc1C(=O)NC(CSc1ccccc1)C(O)CN1C[C@H]2CCCC[C@H]2C[C@H]1C(=O)NC(C)(C)C. The summed E-state index contributed by atoms with van der Waals surface area (Å²) in [5.74, 6) is 1.27. The summed E-state index contributed by atoms with van der Waals surface area (Å²) in [4.78, 5) is 30.0. The Labute approximate surface area is 272 Å². The number of rotatable bonds is 9. The average Bonchev–Trinajstić information content (AvgIpc) is 2.95. The molecule has 4 rings (SSSR count). The zero-order valence-corrected chi connectivity index (χ0v) is 28.5. The molecule has 2 unspecified atom stereocenters. The number of phenolic OH excluding ortho intramolecular Hbond substituents is 1. The maximum atomic E-state index is 13.5. The van der Waals surface area contributed by atoms with E-state index in [4.69, 9.17) is 4.55 Å². The van der Waals surface area contributed by atoms with Crippen molar-refractivity contribution in [2.75, 3.05) is 25.1 Å². The average molecular weight is 664 g/mol. The number of fused-ring (bicyclic) bond motifs is 1. The molecule has 2 aromatic carbocycles. The minimum atomic E-state index is -3.67. The molecule has 1 saturated heterocycles. The molecule has 1 saturated carbocycles. The molecule has 0 bridgehead atoms. The highest BCUT2D eigenvalue weighted by Crippen LogP contribution is 2.39. The van der Waals surface area contributed by atoms with E-state index in [1.54, 1.807) is 36.9 Å². The van der Waals surface area contributed by atoms with Crippen LogP contribution in [0.5, 0.6) is 5.75 Å². The Morgan fingerprint density at radius 3 is 2.29 bits per heavy atom. The van der Waals surface area contributed by atoms with E-state index >= 15 is 0 Å². The molecule has 1 heterocycles. The normalized spacial score (nSPS) is 21.8. The number of piperidine rings is 1. The van der Waals surface area contributed by atoms with Crippen molar-refractivity contribution in [2.45, 2.75) is 88.4 Å². The van der Waals surface area contributed by atoms with Gasteiger partial charge in [-0.05, 0) is 76.6 Å². The van der Waals surface area contributed by atoms with Gasteiger partial charge in [-0.2, -0.15) is 8.42 Å². The summed E-state index contributed by atoms with van der Waals surface area (Å²) in [5, 5.41) is 28.0. The molecular formula is C33H49N3O7S2. The van der Waals surface area contributed by atoms with Gasteiger partial charge < -0.3 is 20.8 Å². The summed E-state index contributed by atoms with van der Waals surface area (Å²) in [6.45, 7) is 8.76. The van der Waals surface area contributed by atoms with Gasteiger partial charge in [0.15, 0.2) is 0 Å². The first-order chi connectivity index (χ1) is 21.0. The molecule has 10 nitrogen and oxygen atoms in total. The lowest BCUT2D eigenvalue weighted by Crippen LogP contribution is -2.60. The van der Waals surface area contributed by atoms with Crippen LogP contribution in [0.4, 0.5) is 0 Å². The second kappa shape index (κ2) is 16.3. The highest BCUT2D eigenvalue weighted by molar-refractivity contribution is 7.99. The molecule has 0 aromatic heterocycles. The molecule has 0 radical (unpaired) electrons. The van der Waals surface area contributed by atoms with Gasteiger partial charge in [0.25, 0.3) is 16.0 Å². The first kappa shape index (κ1) is 36.8. The highest BCUT2D eigenvalue weighted by atomic mass is 32.2. The van der Waals surface area contributed by atoms with Gasteiger partial charge in [0.2, 0.25) is 5.91 Å². The third-order valence-corrected chi connectivity index (χ3v) is 9.36. The number of aromatic hydroxyl groups is 1. The fourth-order valence-electron chi connectivity index (χ4n) is 6.06. The number of nitrogens with one attached hydrogen (secondary N) is 2. The lowest BCUT2D eigenvalue weighted by molar-refractivity contribution is -0.132. The number of thioether (sulfide) groups is 1. The summed E-state index contributed by atoms with van der Waals surface area (Å²) < 4.78 is 25.9. The number of carbonyl (C=O) groups excluding carboxylic acids is 2. The van der Waals surface area contributed by atoms with Crippen molar-refractivity contribution in [2.24, 2.45) is 11.8 Å². The van der Waals surface area contributed by atoms with Crippen molar-refractivity contribution < 1.29 is 32.8 Å². The van der Waals surface area contributed by atoms with E-state index in [-0.39, 0.29) is 29.1 Å². The smallest absolute Gasteiger partial charge is 0.261 e. The Hall–Kier alpha value is -2.64. The first-order valence-corrected chi connectivity index (χ1v) is 18.3. The number of nitrogens with zero attached hydrogens (tertiary/aromatic N) is 1. The van der Waals surface area contributed by atoms with Crippen LogP contribution in [0.1, 0.15) is 68.8 Å². The molecule has 2 aromatic rings. The van der Waals surface area contributed by atoms with Crippen LogP contribution in [-0.4, -0.2) is 88.7 Å². The van der Waals surface area contributed by atoms with Crippen molar-refractivity contribution in [3.05, 3.63) is 59.7 Å². The third-order valence-electron chi connectivity index (χ3n) is 8.23. The molecular weight excluding hydrogens is 615 g/mol. The second-order valence-corrected chi connectivity index (χ2v) is 15.8. The first-order valence-electron chi connectivity index (χ1n) is 15.5. The van der Waals surface area contributed by atoms with Crippen LogP contribution in [0.2, 0.25) is 0 Å². The Balaban J connectivity index is 0.00000102. The van der Waals surface area contributed by atoms with Gasteiger partial charge >= 0.3 is 0 Å². The summed E-state index contributed by atoms with van der Waals surface area (Å²) >= 11 is 1.57. The van der Waals surface area contributed by atoms with Gasteiger partial charge in [-0.15, -0.1) is 11.8 Å². The minimum Gasteiger partial charge on any atom is -0.508 e. The predicted molar refractivity (Wildman–Crippen MR) is 178 cm³/mol. The summed E-state index contributed by atoms with van der Waals surface area (Å²) in [5.41, 5.74) is 0.543. The molecule has 2 aliphatic rings. The van der Waals surface area contributed by atoms with E-state index in [0.717, 1.165) is 30.7 Å².